The molecule has 0 fully saturated rings. The Morgan fingerprint density at radius 1 is 1.21 bits per heavy atom. The lowest BCUT2D eigenvalue weighted by Crippen LogP contribution is -2.23. The normalized spacial score (nSPS) is 12.9. The summed E-state index contributed by atoms with van der Waals surface area (Å²) >= 11 is 1.80. The van der Waals surface area contributed by atoms with Gasteiger partial charge in [0.15, 0.2) is 0 Å². The van der Waals surface area contributed by atoms with Crippen LogP contribution in [-0.2, 0) is 6.42 Å². The van der Waals surface area contributed by atoms with Crippen LogP contribution in [0.4, 0.5) is 0 Å². The predicted molar refractivity (Wildman–Crippen MR) is 85.8 cm³/mol. The van der Waals surface area contributed by atoms with Crippen LogP contribution in [0.15, 0.2) is 24.3 Å². The molecule has 19 heavy (non-hydrogen) atoms. The van der Waals surface area contributed by atoms with E-state index in [1.807, 2.05) is 0 Å². The van der Waals surface area contributed by atoms with Gasteiger partial charge in [0.1, 0.15) is 0 Å². The molecule has 1 aromatic rings. The van der Waals surface area contributed by atoms with Crippen LogP contribution in [0.3, 0.4) is 0 Å². The predicted octanol–water partition coefficient (Wildman–Crippen LogP) is 3.26. The van der Waals surface area contributed by atoms with Crippen molar-refractivity contribution in [3.8, 4) is 0 Å². The molecule has 0 bridgehead atoms. The number of aliphatic hydroxyl groups is 1. The van der Waals surface area contributed by atoms with E-state index in [0.717, 1.165) is 24.5 Å². The Morgan fingerprint density at radius 2 is 1.89 bits per heavy atom. The molecule has 1 atom stereocenters. The molecule has 0 saturated heterocycles. The third-order valence-electron chi connectivity index (χ3n) is 3.00. The molecule has 108 valence electrons. The van der Waals surface area contributed by atoms with Gasteiger partial charge in [-0.05, 0) is 30.0 Å². The first-order valence-electron chi connectivity index (χ1n) is 7.18. The number of thioether (sulfide) groups is 1. The lowest BCUT2D eigenvalue weighted by atomic mass is 10.00. The number of benzene rings is 1. The molecule has 0 aromatic heterocycles. The van der Waals surface area contributed by atoms with Crippen molar-refractivity contribution >= 4 is 11.8 Å². The van der Waals surface area contributed by atoms with Crippen molar-refractivity contribution in [2.75, 3.05) is 24.7 Å². The van der Waals surface area contributed by atoms with Gasteiger partial charge in [-0.2, -0.15) is 11.8 Å². The van der Waals surface area contributed by atoms with Crippen LogP contribution in [0, 0.1) is 5.92 Å². The molecule has 0 radical (unpaired) electrons. The molecule has 0 aliphatic carbocycles. The maximum Gasteiger partial charge on any atom is 0.0521 e. The van der Waals surface area contributed by atoms with E-state index < -0.39 is 0 Å². The molecule has 1 unspecified atom stereocenters. The molecule has 2 nitrogen and oxygen atoms in total. The van der Waals surface area contributed by atoms with Crippen LogP contribution < -0.4 is 5.32 Å². The van der Waals surface area contributed by atoms with Gasteiger partial charge in [0.25, 0.3) is 0 Å². The Labute approximate surface area is 122 Å². The highest BCUT2D eigenvalue weighted by atomic mass is 32.2. The number of hydrogen-bond acceptors (Lipinski definition) is 3. The molecule has 3 heteroatoms. The topological polar surface area (TPSA) is 32.3 Å². The summed E-state index contributed by atoms with van der Waals surface area (Å²) in [6.07, 6.45) is 1.14. The lowest BCUT2D eigenvalue weighted by Gasteiger charge is -2.18. The summed E-state index contributed by atoms with van der Waals surface area (Å²) in [6, 6.07) is 9.36. The highest BCUT2D eigenvalue weighted by Crippen LogP contribution is 2.20. The van der Waals surface area contributed by atoms with E-state index in [0.29, 0.717) is 12.0 Å². The largest absolute Gasteiger partial charge is 0.396 e. The molecule has 2 N–H and O–H groups in total. The number of nitrogens with one attached hydrogen (secondary N) is 1. The Hall–Kier alpha value is -0.510. The van der Waals surface area contributed by atoms with Crippen molar-refractivity contribution in [3.05, 3.63) is 35.4 Å². The van der Waals surface area contributed by atoms with Gasteiger partial charge in [-0.1, -0.05) is 45.0 Å². The summed E-state index contributed by atoms with van der Waals surface area (Å²) < 4.78 is 0. The van der Waals surface area contributed by atoms with Crippen LogP contribution in [-0.4, -0.2) is 29.8 Å². The van der Waals surface area contributed by atoms with Crippen molar-refractivity contribution in [2.45, 2.75) is 33.2 Å². The molecular formula is C16H27NOS. The Balaban J connectivity index is 2.62. The monoisotopic (exact) mass is 281 g/mol. The van der Waals surface area contributed by atoms with Crippen molar-refractivity contribution in [1.82, 2.24) is 5.32 Å². The van der Waals surface area contributed by atoms with Crippen molar-refractivity contribution in [3.63, 3.8) is 0 Å². The fourth-order valence-electron chi connectivity index (χ4n) is 2.14. The van der Waals surface area contributed by atoms with Gasteiger partial charge in [-0.15, -0.1) is 0 Å². The van der Waals surface area contributed by atoms with E-state index in [9.17, 15) is 0 Å². The highest BCUT2D eigenvalue weighted by molar-refractivity contribution is 7.99. The van der Waals surface area contributed by atoms with E-state index >= 15 is 0 Å². The van der Waals surface area contributed by atoms with Crippen LogP contribution in [0.25, 0.3) is 0 Å². The van der Waals surface area contributed by atoms with E-state index in [4.69, 9.17) is 5.11 Å². The molecule has 0 aliphatic heterocycles. The summed E-state index contributed by atoms with van der Waals surface area (Å²) in [6.45, 7) is 7.87. The zero-order valence-electron chi connectivity index (χ0n) is 12.4. The third-order valence-corrected chi connectivity index (χ3v) is 4.04. The second-order valence-corrected chi connectivity index (χ2v) is 6.40. The molecular weight excluding hydrogens is 254 g/mol. The molecule has 1 rings (SSSR count). The fraction of sp³-hybridized carbons (Fsp3) is 0.625. The van der Waals surface area contributed by atoms with Crippen molar-refractivity contribution in [1.29, 1.82) is 0 Å². The van der Waals surface area contributed by atoms with Gasteiger partial charge in [-0.3, -0.25) is 0 Å². The molecule has 0 saturated carbocycles. The number of aliphatic hydroxyl groups excluding tert-OH is 1. The first-order chi connectivity index (χ1) is 9.17. The maximum absolute atomic E-state index is 8.86. The van der Waals surface area contributed by atoms with Crippen molar-refractivity contribution < 1.29 is 5.11 Å². The van der Waals surface area contributed by atoms with Crippen LogP contribution in [0.5, 0.6) is 0 Å². The minimum Gasteiger partial charge on any atom is -0.396 e. The quantitative estimate of drug-likeness (QED) is 0.681. The molecule has 0 aliphatic rings. The number of rotatable bonds is 9. The zero-order valence-corrected chi connectivity index (χ0v) is 13.2. The molecule has 0 spiro atoms. The fourth-order valence-corrected chi connectivity index (χ4v) is 2.98. The second kappa shape index (κ2) is 9.40. The summed E-state index contributed by atoms with van der Waals surface area (Å²) in [5.41, 5.74) is 2.76. The van der Waals surface area contributed by atoms with Gasteiger partial charge < -0.3 is 10.4 Å². The Bertz CT molecular complexity index is 337. The average Bonchev–Trinajstić information content (AvgIpc) is 2.38. The molecule has 1 aromatic carbocycles. The minimum atomic E-state index is 0.261. The van der Waals surface area contributed by atoms with E-state index in [1.165, 1.54) is 11.1 Å². The maximum atomic E-state index is 8.86. The summed E-state index contributed by atoms with van der Waals surface area (Å²) in [7, 11) is 0. The first kappa shape index (κ1) is 16.5. The Morgan fingerprint density at radius 3 is 2.42 bits per heavy atom. The average molecular weight is 281 g/mol. The van der Waals surface area contributed by atoms with Crippen molar-refractivity contribution in [2.24, 2.45) is 5.92 Å². The van der Waals surface area contributed by atoms with Crippen LogP contribution in [0.2, 0.25) is 0 Å². The SMILES string of the molecule is CCNC(CSCCO)c1ccc(CC(C)C)cc1. The lowest BCUT2D eigenvalue weighted by molar-refractivity contribution is 0.322. The number of hydrogen-bond donors (Lipinski definition) is 2. The molecule has 0 amide bonds. The first-order valence-corrected chi connectivity index (χ1v) is 8.33. The van der Waals surface area contributed by atoms with Gasteiger partial charge >= 0.3 is 0 Å². The van der Waals surface area contributed by atoms with E-state index in [1.54, 1.807) is 11.8 Å². The van der Waals surface area contributed by atoms with E-state index in [-0.39, 0.29) is 6.61 Å². The minimum absolute atomic E-state index is 0.261. The summed E-state index contributed by atoms with van der Waals surface area (Å²) in [4.78, 5) is 0. The van der Waals surface area contributed by atoms with Gasteiger partial charge in [-0.25, -0.2) is 0 Å². The van der Waals surface area contributed by atoms with Crippen LogP contribution >= 0.6 is 11.8 Å². The summed E-state index contributed by atoms with van der Waals surface area (Å²) in [5, 5.41) is 12.4. The second-order valence-electron chi connectivity index (χ2n) is 5.25. The van der Waals surface area contributed by atoms with Crippen LogP contribution in [0.1, 0.15) is 37.9 Å². The smallest absolute Gasteiger partial charge is 0.0521 e. The van der Waals surface area contributed by atoms with E-state index in [2.05, 4.69) is 50.4 Å². The summed E-state index contributed by atoms with van der Waals surface area (Å²) in [5.74, 6) is 2.53. The highest BCUT2D eigenvalue weighted by Gasteiger charge is 2.10. The van der Waals surface area contributed by atoms with Gasteiger partial charge in [0, 0.05) is 17.5 Å². The standard InChI is InChI=1S/C16H27NOS/c1-4-17-16(12-19-10-9-18)15-7-5-14(6-8-15)11-13(2)3/h5-8,13,16-18H,4,9-12H2,1-3H3. The van der Waals surface area contributed by atoms with Gasteiger partial charge in [0.05, 0.1) is 6.61 Å². The zero-order chi connectivity index (χ0) is 14.1. The third kappa shape index (κ3) is 6.46. The molecule has 0 heterocycles. The van der Waals surface area contributed by atoms with Gasteiger partial charge in [0.2, 0.25) is 0 Å². The Kier molecular flexibility index (Phi) is 8.19.